The van der Waals surface area contributed by atoms with Gasteiger partial charge in [0.15, 0.2) is 0 Å². The van der Waals surface area contributed by atoms with Crippen molar-refractivity contribution in [1.29, 1.82) is 0 Å². The smallest absolute Gasteiger partial charge is 0.331 e. The van der Waals surface area contributed by atoms with Crippen LogP contribution in [0.4, 0.5) is 0 Å². The van der Waals surface area contributed by atoms with Crippen LogP contribution < -0.4 is 10.1 Å². The highest BCUT2D eigenvalue weighted by atomic mass is 35.5. The van der Waals surface area contributed by atoms with E-state index < -0.39 is 17.4 Å². The summed E-state index contributed by atoms with van der Waals surface area (Å²) in [5, 5.41) is 3.42. The molecule has 0 radical (unpaired) electrons. The summed E-state index contributed by atoms with van der Waals surface area (Å²) in [5.41, 5.74) is 3.01. The van der Waals surface area contributed by atoms with E-state index in [0.29, 0.717) is 35.9 Å². The Labute approximate surface area is 241 Å². The number of nitrogens with zero attached hydrogens (tertiary/aromatic N) is 3. The van der Waals surface area contributed by atoms with Crippen LogP contribution in [0.25, 0.3) is 22.4 Å². The minimum atomic E-state index is -1.07. The van der Waals surface area contributed by atoms with Gasteiger partial charge in [-0.2, -0.15) is 0 Å². The second kappa shape index (κ2) is 13.2. The lowest BCUT2D eigenvalue weighted by molar-refractivity contribution is -0.149. The number of carbonyl (C=O) groups is 2. The number of aryl methyl sites for hydroxylation is 1. The summed E-state index contributed by atoms with van der Waals surface area (Å²) < 4.78 is 11.1. The predicted molar refractivity (Wildman–Crippen MR) is 157 cm³/mol. The normalized spacial score (nSPS) is 14.6. The van der Waals surface area contributed by atoms with E-state index in [-0.39, 0.29) is 5.82 Å². The zero-order valence-electron chi connectivity index (χ0n) is 23.6. The number of esters is 1. The zero-order valence-corrected chi connectivity index (χ0v) is 24.4. The first-order valence-corrected chi connectivity index (χ1v) is 14.0. The number of benzene rings is 2. The van der Waals surface area contributed by atoms with E-state index in [1.54, 1.807) is 12.3 Å². The topological polar surface area (TPSA) is 93.6 Å². The lowest BCUT2D eigenvalue weighted by atomic mass is 9.81. The summed E-state index contributed by atoms with van der Waals surface area (Å²) in [6, 6.07) is 13.4. The van der Waals surface area contributed by atoms with Gasteiger partial charge in [-0.25, -0.2) is 14.8 Å². The van der Waals surface area contributed by atoms with Gasteiger partial charge in [0.2, 0.25) is 5.82 Å². The first kappa shape index (κ1) is 29.5. The van der Waals surface area contributed by atoms with E-state index in [1.807, 2.05) is 57.4 Å². The Morgan fingerprint density at radius 2 is 1.82 bits per heavy atom. The largest absolute Gasteiger partial charge is 0.492 e. The van der Waals surface area contributed by atoms with E-state index in [0.717, 1.165) is 54.5 Å². The standard InChI is InChI=1S/C31H37ClN4O4/c1-21-11-6-7-12-23(21)24-20-33-28(29(37)35-31(30(38)39-4)15-8-5-9-16-31)34-27(24)22-13-14-25(32)26(19-22)40-18-10-17-36(2)3/h6-7,11-14,19-20H,5,8-10,15-18H2,1-4H3,(H,35,37). The van der Waals surface area contributed by atoms with Crippen molar-refractivity contribution in [2.45, 2.75) is 51.0 Å². The molecular formula is C31H37ClN4O4. The third-order valence-electron chi connectivity index (χ3n) is 7.28. The molecule has 9 heteroatoms. The number of rotatable bonds is 10. The van der Waals surface area contributed by atoms with Crippen LogP contribution in [-0.4, -0.2) is 66.6 Å². The molecule has 2 aromatic carbocycles. The SMILES string of the molecule is COC(=O)C1(NC(=O)c2ncc(-c3ccccc3C)c(-c3ccc(Cl)c(OCCCN(C)C)c3)n2)CCCCC1. The van der Waals surface area contributed by atoms with Crippen molar-refractivity contribution in [2.24, 2.45) is 0 Å². The molecule has 1 amide bonds. The third kappa shape index (κ3) is 6.80. The van der Waals surface area contributed by atoms with Crippen LogP contribution in [0.5, 0.6) is 5.75 Å². The number of amides is 1. The molecule has 1 aliphatic carbocycles. The Hall–Kier alpha value is -3.49. The second-order valence-corrected chi connectivity index (χ2v) is 10.9. The molecule has 0 saturated heterocycles. The monoisotopic (exact) mass is 564 g/mol. The number of nitrogens with one attached hydrogen (secondary N) is 1. The van der Waals surface area contributed by atoms with Gasteiger partial charge in [-0.15, -0.1) is 0 Å². The fourth-order valence-corrected chi connectivity index (χ4v) is 5.28. The summed E-state index contributed by atoms with van der Waals surface area (Å²) in [4.78, 5) is 37.5. The van der Waals surface area contributed by atoms with Gasteiger partial charge >= 0.3 is 5.97 Å². The van der Waals surface area contributed by atoms with Crippen LogP contribution in [0.15, 0.2) is 48.7 Å². The molecular weight excluding hydrogens is 528 g/mol. The van der Waals surface area contributed by atoms with Crippen LogP contribution in [0.2, 0.25) is 5.02 Å². The molecule has 8 nitrogen and oxygen atoms in total. The van der Waals surface area contributed by atoms with Crippen LogP contribution in [0.3, 0.4) is 0 Å². The molecule has 4 rings (SSSR count). The number of carbonyl (C=O) groups excluding carboxylic acids is 2. The van der Waals surface area contributed by atoms with Gasteiger partial charge in [-0.05, 0) is 63.5 Å². The van der Waals surface area contributed by atoms with E-state index in [9.17, 15) is 9.59 Å². The maximum Gasteiger partial charge on any atom is 0.331 e. The van der Waals surface area contributed by atoms with E-state index in [2.05, 4.69) is 15.2 Å². The molecule has 1 fully saturated rings. The quantitative estimate of drug-likeness (QED) is 0.249. The zero-order chi connectivity index (χ0) is 28.7. The van der Waals surface area contributed by atoms with Gasteiger partial charge in [0.25, 0.3) is 5.91 Å². The van der Waals surface area contributed by atoms with Crippen molar-refractivity contribution in [3.8, 4) is 28.1 Å². The molecule has 1 heterocycles. The molecule has 40 heavy (non-hydrogen) atoms. The van der Waals surface area contributed by atoms with Gasteiger partial charge in [0, 0.05) is 23.9 Å². The van der Waals surface area contributed by atoms with Crippen LogP contribution >= 0.6 is 11.6 Å². The number of halogens is 1. The summed E-state index contributed by atoms with van der Waals surface area (Å²) in [6.07, 6.45) is 6.22. The van der Waals surface area contributed by atoms with Gasteiger partial charge in [-0.3, -0.25) is 4.79 Å². The van der Waals surface area contributed by atoms with Gasteiger partial charge in [0.1, 0.15) is 11.3 Å². The van der Waals surface area contributed by atoms with Crippen molar-refractivity contribution in [2.75, 3.05) is 34.4 Å². The minimum absolute atomic E-state index is 0.0235. The molecule has 0 bridgehead atoms. The molecule has 0 spiro atoms. The highest BCUT2D eigenvalue weighted by molar-refractivity contribution is 6.32. The molecule has 0 atom stereocenters. The minimum Gasteiger partial charge on any atom is -0.492 e. The van der Waals surface area contributed by atoms with E-state index in [4.69, 9.17) is 26.1 Å². The lowest BCUT2D eigenvalue weighted by Crippen LogP contribution is -2.56. The molecule has 3 aromatic rings. The van der Waals surface area contributed by atoms with Crippen molar-refractivity contribution >= 4 is 23.5 Å². The molecule has 1 N–H and O–H groups in total. The Morgan fingerprint density at radius 3 is 2.52 bits per heavy atom. The average Bonchev–Trinajstić information content (AvgIpc) is 2.96. The van der Waals surface area contributed by atoms with E-state index >= 15 is 0 Å². The van der Waals surface area contributed by atoms with Crippen molar-refractivity contribution < 1.29 is 19.1 Å². The van der Waals surface area contributed by atoms with Crippen LogP contribution in [0.1, 0.15) is 54.7 Å². The Balaban J connectivity index is 1.73. The Morgan fingerprint density at radius 1 is 1.07 bits per heavy atom. The van der Waals surface area contributed by atoms with E-state index in [1.165, 1.54) is 7.11 Å². The average molecular weight is 565 g/mol. The summed E-state index contributed by atoms with van der Waals surface area (Å²) in [6.45, 7) is 3.43. The second-order valence-electron chi connectivity index (χ2n) is 10.5. The molecule has 0 aliphatic heterocycles. The number of hydrogen-bond acceptors (Lipinski definition) is 7. The fraction of sp³-hybridized carbons (Fsp3) is 0.419. The summed E-state index contributed by atoms with van der Waals surface area (Å²) >= 11 is 6.48. The first-order valence-electron chi connectivity index (χ1n) is 13.7. The Kier molecular flexibility index (Phi) is 9.76. The number of aromatic nitrogens is 2. The Bertz CT molecular complexity index is 1350. The number of ether oxygens (including phenoxy) is 2. The highest BCUT2D eigenvalue weighted by Gasteiger charge is 2.42. The van der Waals surface area contributed by atoms with Crippen LogP contribution in [-0.2, 0) is 9.53 Å². The molecule has 212 valence electrons. The molecule has 1 saturated carbocycles. The van der Waals surface area contributed by atoms with Crippen molar-refractivity contribution in [3.63, 3.8) is 0 Å². The number of methoxy groups -OCH3 is 1. The number of hydrogen-bond donors (Lipinski definition) is 1. The fourth-order valence-electron chi connectivity index (χ4n) is 5.11. The summed E-state index contributed by atoms with van der Waals surface area (Å²) in [7, 11) is 5.38. The molecule has 0 unspecified atom stereocenters. The summed E-state index contributed by atoms with van der Waals surface area (Å²) in [5.74, 6) is -0.431. The van der Waals surface area contributed by atoms with Gasteiger partial charge in [0.05, 0.1) is 24.4 Å². The van der Waals surface area contributed by atoms with Crippen molar-refractivity contribution in [1.82, 2.24) is 20.2 Å². The molecule has 1 aromatic heterocycles. The predicted octanol–water partition coefficient (Wildman–Crippen LogP) is 5.71. The van der Waals surface area contributed by atoms with Crippen LogP contribution in [0, 0.1) is 6.92 Å². The maximum absolute atomic E-state index is 13.5. The van der Waals surface area contributed by atoms with Gasteiger partial charge in [-0.1, -0.05) is 61.2 Å². The highest BCUT2D eigenvalue weighted by Crippen LogP contribution is 2.36. The lowest BCUT2D eigenvalue weighted by Gasteiger charge is -2.34. The molecule has 1 aliphatic rings. The first-order chi connectivity index (χ1) is 19.2. The van der Waals surface area contributed by atoms with Crippen molar-refractivity contribution in [3.05, 3.63) is 65.1 Å². The third-order valence-corrected chi connectivity index (χ3v) is 7.59. The maximum atomic E-state index is 13.5. The van der Waals surface area contributed by atoms with Gasteiger partial charge < -0.3 is 19.7 Å².